The lowest BCUT2D eigenvalue weighted by atomic mass is 9.92. The zero-order valence-corrected chi connectivity index (χ0v) is 13.8. The first-order valence-corrected chi connectivity index (χ1v) is 7.49. The Balaban J connectivity index is 2.59. The van der Waals surface area contributed by atoms with Gasteiger partial charge in [-0.3, -0.25) is 4.79 Å². The highest BCUT2D eigenvalue weighted by atomic mass is 19.4. The maximum atomic E-state index is 14.1. The third-order valence-corrected chi connectivity index (χ3v) is 3.79. The number of amides is 1. The predicted molar refractivity (Wildman–Crippen MR) is 80.7 cm³/mol. The minimum absolute atomic E-state index is 0.114. The topological polar surface area (TPSA) is 29.1 Å². The highest BCUT2D eigenvalue weighted by Crippen LogP contribution is 2.54. The maximum absolute atomic E-state index is 14.1. The number of hydrogen-bond acceptors (Lipinski definition) is 1. The van der Waals surface area contributed by atoms with Gasteiger partial charge in [0.15, 0.2) is 0 Å². The van der Waals surface area contributed by atoms with E-state index in [0.717, 1.165) is 0 Å². The number of carbonyl (C=O) groups excluding carboxylic acids is 1. The van der Waals surface area contributed by atoms with Gasteiger partial charge in [0.1, 0.15) is 0 Å². The van der Waals surface area contributed by atoms with Gasteiger partial charge in [0.2, 0.25) is 0 Å². The van der Waals surface area contributed by atoms with E-state index in [1.165, 1.54) is 30.3 Å². The van der Waals surface area contributed by atoms with Crippen LogP contribution in [0.25, 0.3) is 0 Å². The van der Waals surface area contributed by atoms with Gasteiger partial charge in [0.25, 0.3) is 5.91 Å². The molecule has 0 saturated heterocycles. The number of rotatable bonds is 3. The van der Waals surface area contributed by atoms with E-state index < -0.39 is 53.0 Å². The molecule has 0 spiro atoms. The number of anilines is 1. The van der Waals surface area contributed by atoms with Gasteiger partial charge < -0.3 is 5.32 Å². The van der Waals surface area contributed by atoms with Gasteiger partial charge in [-0.2, -0.15) is 39.5 Å². The highest BCUT2D eigenvalue weighted by molar-refractivity contribution is 6.04. The van der Waals surface area contributed by atoms with Crippen molar-refractivity contribution in [2.75, 3.05) is 5.32 Å². The average molecular weight is 433 g/mol. The molecule has 2 aromatic rings. The number of hydrogen-bond donors (Lipinski definition) is 1. The molecule has 0 aliphatic rings. The monoisotopic (exact) mass is 433 g/mol. The van der Waals surface area contributed by atoms with Crippen molar-refractivity contribution in [3.63, 3.8) is 0 Å². The molecule has 29 heavy (non-hydrogen) atoms. The Morgan fingerprint density at radius 2 is 1.24 bits per heavy atom. The minimum atomic E-state index is -6.58. The normalized spacial score (nSPS) is 13.3. The first-order valence-electron chi connectivity index (χ1n) is 7.49. The first kappa shape index (κ1) is 22.5. The smallest absolute Gasteiger partial charge is 0.321 e. The van der Waals surface area contributed by atoms with Crippen molar-refractivity contribution >= 4 is 11.6 Å². The largest absolute Gasteiger partial charge is 0.435 e. The van der Waals surface area contributed by atoms with Crippen molar-refractivity contribution < 1.29 is 48.7 Å². The number of benzene rings is 2. The molecule has 0 saturated carbocycles. The summed E-state index contributed by atoms with van der Waals surface area (Å²) in [6, 6.07) is 6.03. The molecule has 0 unspecified atom stereocenters. The number of halogens is 10. The molecular formula is C17H9F10NO. The second kappa shape index (κ2) is 7.23. The van der Waals surface area contributed by atoms with E-state index in [0.29, 0.717) is 0 Å². The molecule has 0 aliphatic heterocycles. The first-order chi connectivity index (χ1) is 13.1. The number of nitrogens with one attached hydrogen (secondary N) is 1. The van der Waals surface area contributed by atoms with Crippen molar-refractivity contribution in [1.29, 1.82) is 0 Å². The summed E-state index contributed by atoms with van der Waals surface area (Å²) in [7, 11) is 0. The van der Waals surface area contributed by atoms with E-state index in [9.17, 15) is 48.7 Å². The van der Waals surface area contributed by atoms with Crippen molar-refractivity contribution in [3.05, 3.63) is 65.2 Å². The van der Waals surface area contributed by atoms with Gasteiger partial charge in [-0.15, -0.1) is 0 Å². The van der Waals surface area contributed by atoms with Crippen molar-refractivity contribution in [2.45, 2.75) is 24.2 Å². The van der Waals surface area contributed by atoms with Gasteiger partial charge in [-0.25, -0.2) is 4.39 Å². The predicted octanol–water partition coefficient (Wildman–Crippen LogP) is 6.25. The van der Waals surface area contributed by atoms with Crippen LogP contribution in [0.2, 0.25) is 0 Å². The van der Waals surface area contributed by atoms with Crippen LogP contribution in [0.1, 0.15) is 21.5 Å². The Labute approximate surface area is 156 Å². The lowest BCUT2D eigenvalue weighted by molar-refractivity contribution is -0.348. The number of carbonyl (C=O) groups is 1. The Morgan fingerprint density at radius 3 is 1.69 bits per heavy atom. The fourth-order valence-electron chi connectivity index (χ4n) is 2.37. The van der Waals surface area contributed by atoms with E-state index >= 15 is 0 Å². The molecule has 0 fully saturated rings. The van der Waals surface area contributed by atoms with Crippen molar-refractivity contribution in [2.24, 2.45) is 0 Å². The van der Waals surface area contributed by atoms with Crippen LogP contribution >= 0.6 is 0 Å². The van der Waals surface area contributed by atoms with E-state index in [1.807, 2.05) is 0 Å². The zero-order valence-electron chi connectivity index (χ0n) is 13.8. The molecular weight excluding hydrogens is 424 g/mol. The van der Waals surface area contributed by atoms with Gasteiger partial charge in [0, 0.05) is 11.1 Å². The van der Waals surface area contributed by atoms with Gasteiger partial charge in [-0.05, 0) is 24.3 Å². The summed E-state index contributed by atoms with van der Waals surface area (Å²) >= 11 is 0. The summed E-state index contributed by atoms with van der Waals surface area (Å²) in [6.45, 7) is 0. The molecule has 1 N–H and O–H groups in total. The van der Waals surface area contributed by atoms with E-state index in [4.69, 9.17) is 0 Å². The average Bonchev–Trinajstić information content (AvgIpc) is 2.59. The van der Waals surface area contributed by atoms with Crippen molar-refractivity contribution in [1.82, 2.24) is 0 Å². The standard InChI is InChI=1S/C17H9F10NO/c18-14(16(22,23)24,17(25,26)27)10-6-7-12(11(8-10)15(19,20)21)28-13(29)9-4-2-1-3-5-9/h1-8H,(H,28,29). The third-order valence-electron chi connectivity index (χ3n) is 3.79. The molecule has 0 aromatic heterocycles. The summed E-state index contributed by atoms with van der Waals surface area (Å²) in [4.78, 5) is 12.0. The lowest BCUT2D eigenvalue weighted by Crippen LogP contribution is -2.50. The van der Waals surface area contributed by atoms with Crippen LogP contribution in [-0.4, -0.2) is 18.3 Å². The van der Waals surface area contributed by atoms with Gasteiger partial charge in [-0.1, -0.05) is 24.3 Å². The highest BCUT2D eigenvalue weighted by Gasteiger charge is 2.73. The molecule has 0 atom stereocenters. The third kappa shape index (κ3) is 4.30. The SMILES string of the molecule is O=C(Nc1ccc(C(F)(C(F)(F)F)C(F)(F)F)cc1C(F)(F)F)c1ccccc1. The van der Waals surface area contributed by atoms with E-state index in [2.05, 4.69) is 0 Å². The number of alkyl halides is 10. The Kier molecular flexibility index (Phi) is 5.61. The molecule has 2 nitrogen and oxygen atoms in total. The molecule has 0 aliphatic carbocycles. The summed E-state index contributed by atoms with van der Waals surface area (Å²) in [6.07, 6.45) is -18.7. The maximum Gasteiger partial charge on any atom is 0.435 e. The van der Waals surface area contributed by atoms with Crippen LogP contribution in [0, 0.1) is 0 Å². The van der Waals surface area contributed by atoms with E-state index in [1.54, 1.807) is 5.32 Å². The fourth-order valence-corrected chi connectivity index (χ4v) is 2.37. The quantitative estimate of drug-likeness (QED) is 0.570. The van der Waals surface area contributed by atoms with Gasteiger partial charge >= 0.3 is 24.2 Å². The van der Waals surface area contributed by atoms with Crippen LogP contribution in [0.5, 0.6) is 0 Å². The van der Waals surface area contributed by atoms with Crippen LogP contribution < -0.4 is 5.32 Å². The Morgan fingerprint density at radius 1 is 0.724 bits per heavy atom. The van der Waals surface area contributed by atoms with Crippen LogP contribution in [0.4, 0.5) is 49.6 Å². The summed E-state index contributed by atoms with van der Waals surface area (Å²) < 4.78 is 131. The molecule has 12 heteroatoms. The van der Waals surface area contributed by atoms with Crippen LogP contribution in [-0.2, 0) is 11.8 Å². The van der Waals surface area contributed by atoms with E-state index in [-0.39, 0.29) is 17.7 Å². The second-order valence-corrected chi connectivity index (χ2v) is 5.73. The Bertz CT molecular complexity index is 870. The summed E-state index contributed by atoms with van der Waals surface area (Å²) in [5.74, 6) is -1.11. The Hall–Kier alpha value is -2.79. The second-order valence-electron chi connectivity index (χ2n) is 5.73. The van der Waals surface area contributed by atoms with Crippen LogP contribution in [0.3, 0.4) is 0 Å². The summed E-state index contributed by atoms with van der Waals surface area (Å²) in [5.41, 5.74) is -11.7. The zero-order chi connectivity index (χ0) is 22.3. The van der Waals surface area contributed by atoms with Crippen molar-refractivity contribution in [3.8, 4) is 0 Å². The molecule has 1 amide bonds. The molecule has 0 bridgehead atoms. The fraction of sp³-hybridized carbons (Fsp3) is 0.235. The van der Waals surface area contributed by atoms with Gasteiger partial charge in [0.05, 0.1) is 11.3 Å². The molecule has 2 aromatic carbocycles. The minimum Gasteiger partial charge on any atom is -0.321 e. The lowest BCUT2D eigenvalue weighted by Gasteiger charge is -2.31. The molecule has 2 rings (SSSR count). The van der Waals surface area contributed by atoms with Crippen LogP contribution in [0.15, 0.2) is 48.5 Å². The molecule has 0 radical (unpaired) electrons. The molecule has 158 valence electrons. The summed E-state index contributed by atoms with van der Waals surface area (Å²) in [5, 5.41) is 1.75. The molecule has 0 heterocycles.